The van der Waals surface area contributed by atoms with Gasteiger partial charge in [-0.05, 0) is 37.3 Å². The maximum atomic E-state index is 12.9. The number of nitrogens with zero attached hydrogens (tertiary/aromatic N) is 1. The van der Waals surface area contributed by atoms with E-state index in [0.717, 1.165) is 10.9 Å². The second-order valence-corrected chi connectivity index (χ2v) is 5.17. The molecule has 0 N–H and O–H groups in total. The minimum Gasteiger partial charge on any atom is -0.339 e. The molecule has 22 heavy (non-hydrogen) atoms. The standard InChI is InChI=1S/C18H14FNO2/c1-12(21)16-10-20(17-5-3-2-4-15(16)17)11-18(22)13-6-8-14(19)9-7-13/h2-10H,11H2,1H3. The molecular weight excluding hydrogens is 281 g/mol. The van der Waals surface area contributed by atoms with Crippen molar-refractivity contribution in [3.05, 3.63) is 71.7 Å². The van der Waals surface area contributed by atoms with Gasteiger partial charge in [-0.3, -0.25) is 9.59 Å². The van der Waals surface area contributed by atoms with E-state index in [-0.39, 0.29) is 23.9 Å². The Morgan fingerprint density at radius 1 is 1.05 bits per heavy atom. The number of hydrogen-bond acceptors (Lipinski definition) is 2. The van der Waals surface area contributed by atoms with Crippen molar-refractivity contribution in [2.75, 3.05) is 0 Å². The molecule has 4 heteroatoms. The van der Waals surface area contributed by atoms with Crippen molar-refractivity contribution in [3.63, 3.8) is 0 Å². The van der Waals surface area contributed by atoms with Gasteiger partial charge in [0.05, 0.1) is 6.54 Å². The van der Waals surface area contributed by atoms with E-state index in [2.05, 4.69) is 0 Å². The number of Topliss-reactive ketones (excluding diaryl/α,β-unsaturated/α-hetero) is 2. The number of carbonyl (C=O) groups excluding carboxylic acids is 2. The number of aromatic nitrogens is 1. The Balaban J connectivity index is 1.98. The molecular formula is C18H14FNO2. The zero-order valence-corrected chi connectivity index (χ0v) is 12.0. The van der Waals surface area contributed by atoms with E-state index in [0.29, 0.717) is 11.1 Å². The summed E-state index contributed by atoms with van der Waals surface area (Å²) in [6.45, 7) is 1.62. The van der Waals surface area contributed by atoms with E-state index in [1.807, 2.05) is 24.3 Å². The highest BCUT2D eigenvalue weighted by Gasteiger charge is 2.14. The van der Waals surface area contributed by atoms with Gasteiger partial charge in [0.2, 0.25) is 0 Å². The molecule has 0 spiro atoms. The minimum atomic E-state index is -0.373. The molecule has 0 radical (unpaired) electrons. The van der Waals surface area contributed by atoms with Crippen LogP contribution >= 0.6 is 0 Å². The van der Waals surface area contributed by atoms with Gasteiger partial charge in [0.15, 0.2) is 11.6 Å². The summed E-state index contributed by atoms with van der Waals surface area (Å²) in [5.41, 5.74) is 1.88. The van der Waals surface area contributed by atoms with E-state index >= 15 is 0 Å². The summed E-state index contributed by atoms with van der Waals surface area (Å²) < 4.78 is 14.7. The van der Waals surface area contributed by atoms with Gasteiger partial charge >= 0.3 is 0 Å². The van der Waals surface area contributed by atoms with Gasteiger partial charge in [-0.15, -0.1) is 0 Å². The van der Waals surface area contributed by atoms with Crippen LogP contribution in [-0.4, -0.2) is 16.1 Å². The van der Waals surface area contributed by atoms with Gasteiger partial charge in [-0.2, -0.15) is 0 Å². The lowest BCUT2D eigenvalue weighted by Crippen LogP contribution is -2.09. The molecule has 0 saturated heterocycles. The first-order chi connectivity index (χ1) is 10.6. The molecule has 0 fully saturated rings. The number of ketones is 2. The van der Waals surface area contributed by atoms with Crippen LogP contribution in [0.5, 0.6) is 0 Å². The summed E-state index contributed by atoms with van der Waals surface area (Å²) in [6, 6.07) is 12.9. The maximum absolute atomic E-state index is 12.9. The van der Waals surface area contributed by atoms with Crippen molar-refractivity contribution >= 4 is 22.5 Å². The van der Waals surface area contributed by atoms with Crippen LogP contribution in [0.25, 0.3) is 10.9 Å². The molecule has 3 rings (SSSR count). The number of carbonyl (C=O) groups is 2. The number of halogens is 1. The van der Waals surface area contributed by atoms with Crippen LogP contribution < -0.4 is 0 Å². The van der Waals surface area contributed by atoms with Crippen LogP contribution in [-0.2, 0) is 6.54 Å². The second-order valence-electron chi connectivity index (χ2n) is 5.17. The summed E-state index contributed by atoms with van der Waals surface area (Å²) in [6.07, 6.45) is 1.70. The third-order valence-corrected chi connectivity index (χ3v) is 3.65. The van der Waals surface area contributed by atoms with Crippen LogP contribution in [0.3, 0.4) is 0 Å². The van der Waals surface area contributed by atoms with Crippen molar-refractivity contribution in [2.45, 2.75) is 13.5 Å². The molecule has 2 aromatic carbocycles. The molecule has 0 aliphatic carbocycles. The fourth-order valence-electron chi connectivity index (χ4n) is 2.54. The fourth-order valence-corrected chi connectivity index (χ4v) is 2.54. The highest BCUT2D eigenvalue weighted by atomic mass is 19.1. The van der Waals surface area contributed by atoms with Crippen LogP contribution in [0, 0.1) is 5.82 Å². The molecule has 0 unspecified atom stereocenters. The Bertz CT molecular complexity index is 862. The Hall–Kier alpha value is -2.75. The van der Waals surface area contributed by atoms with Crippen LogP contribution in [0.15, 0.2) is 54.7 Å². The van der Waals surface area contributed by atoms with E-state index in [4.69, 9.17) is 0 Å². The maximum Gasteiger partial charge on any atom is 0.182 e. The van der Waals surface area contributed by atoms with Gasteiger partial charge < -0.3 is 4.57 Å². The predicted molar refractivity (Wildman–Crippen MR) is 82.7 cm³/mol. The summed E-state index contributed by atoms with van der Waals surface area (Å²) >= 11 is 0. The number of fused-ring (bicyclic) bond motifs is 1. The molecule has 110 valence electrons. The molecule has 1 aromatic heterocycles. The fraction of sp³-hybridized carbons (Fsp3) is 0.111. The zero-order chi connectivity index (χ0) is 15.7. The number of para-hydroxylation sites is 1. The van der Waals surface area contributed by atoms with Gasteiger partial charge in [0, 0.05) is 28.2 Å². The molecule has 0 aliphatic heterocycles. The molecule has 0 aliphatic rings. The van der Waals surface area contributed by atoms with Crippen LogP contribution in [0.1, 0.15) is 27.6 Å². The first kappa shape index (κ1) is 14.2. The number of hydrogen-bond donors (Lipinski definition) is 0. The molecule has 3 aromatic rings. The summed E-state index contributed by atoms with van der Waals surface area (Å²) in [7, 11) is 0. The molecule has 1 heterocycles. The summed E-state index contributed by atoms with van der Waals surface area (Å²) in [5.74, 6) is -0.540. The highest BCUT2D eigenvalue weighted by Crippen LogP contribution is 2.22. The average molecular weight is 295 g/mol. The number of rotatable bonds is 4. The normalized spacial score (nSPS) is 10.8. The molecule has 0 saturated carbocycles. The molecule has 3 nitrogen and oxygen atoms in total. The summed E-state index contributed by atoms with van der Waals surface area (Å²) in [4.78, 5) is 24.0. The van der Waals surface area contributed by atoms with Crippen LogP contribution in [0.2, 0.25) is 0 Å². The van der Waals surface area contributed by atoms with Crippen molar-refractivity contribution < 1.29 is 14.0 Å². The monoisotopic (exact) mass is 295 g/mol. The molecule has 0 amide bonds. The first-order valence-corrected chi connectivity index (χ1v) is 6.94. The zero-order valence-electron chi connectivity index (χ0n) is 12.0. The van der Waals surface area contributed by atoms with Crippen molar-refractivity contribution in [1.29, 1.82) is 0 Å². The van der Waals surface area contributed by atoms with Gasteiger partial charge in [-0.1, -0.05) is 18.2 Å². The van der Waals surface area contributed by atoms with Gasteiger partial charge in [-0.25, -0.2) is 4.39 Å². The lowest BCUT2D eigenvalue weighted by atomic mass is 10.1. The largest absolute Gasteiger partial charge is 0.339 e. The third kappa shape index (κ3) is 2.55. The quantitative estimate of drug-likeness (QED) is 0.685. The minimum absolute atomic E-state index is 0.0378. The first-order valence-electron chi connectivity index (χ1n) is 6.94. The topological polar surface area (TPSA) is 39.1 Å². The average Bonchev–Trinajstić information content (AvgIpc) is 2.87. The van der Waals surface area contributed by atoms with E-state index in [1.165, 1.54) is 31.2 Å². The number of benzene rings is 2. The van der Waals surface area contributed by atoms with Crippen molar-refractivity contribution in [1.82, 2.24) is 4.57 Å². The van der Waals surface area contributed by atoms with Gasteiger partial charge in [0.1, 0.15) is 5.82 Å². The Morgan fingerprint density at radius 3 is 2.41 bits per heavy atom. The Labute approximate surface area is 127 Å². The Morgan fingerprint density at radius 2 is 1.73 bits per heavy atom. The summed E-state index contributed by atoms with van der Waals surface area (Å²) in [5, 5.41) is 0.835. The highest BCUT2D eigenvalue weighted by molar-refractivity contribution is 6.07. The van der Waals surface area contributed by atoms with Crippen LogP contribution in [0.4, 0.5) is 4.39 Å². The predicted octanol–water partition coefficient (Wildman–Crippen LogP) is 3.87. The van der Waals surface area contributed by atoms with Gasteiger partial charge in [0.25, 0.3) is 0 Å². The van der Waals surface area contributed by atoms with E-state index in [1.54, 1.807) is 10.8 Å². The van der Waals surface area contributed by atoms with Crippen molar-refractivity contribution in [3.8, 4) is 0 Å². The smallest absolute Gasteiger partial charge is 0.182 e. The van der Waals surface area contributed by atoms with E-state index < -0.39 is 0 Å². The van der Waals surface area contributed by atoms with E-state index in [9.17, 15) is 14.0 Å². The lowest BCUT2D eigenvalue weighted by Gasteiger charge is -2.05. The lowest BCUT2D eigenvalue weighted by molar-refractivity contribution is 0.0969. The molecule has 0 bridgehead atoms. The third-order valence-electron chi connectivity index (χ3n) is 3.65. The molecule has 0 atom stereocenters. The SMILES string of the molecule is CC(=O)c1cn(CC(=O)c2ccc(F)cc2)c2ccccc12. The second kappa shape index (κ2) is 5.56. The Kier molecular flexibility index (Phi) is 3.59. The van der Waals surface area contributed by atoms with Crippen molar-refractivity contribution in [2.24, 2.45) is 0 Å².